The van der Waals surface area contributed by atoms with E-state index in [1.54, 1.807) is 7.11 Å². The van der Waals surface area contributed by atoms with Gasteiger partial charge in [0.05, 0.1) is 18.5 Å². The minimum atomic E-state index is 0.297. The Morgan fingerprint density at radius 1 is 1.00 bits per heavy atom. The van der Waals surface area contributed by atoms with Crippen LogP contribution in [-0.2, 0) is 0 Å². The van der Waals surface area contributed by atoms with Crippen LogP contribution in [0.5, 0.6) is 5.88 Å². The largest absolute Gasteiger partial charge is 0.481 e. The van der Waals surface area contributed by atoms with Crippen LogP contribution < -0.4 is 19.9 Å². The van der Waals surface area contributed by atoms with Crippen LogP contribution in [0.2, 0.25) is 0 Å². The summed E-state index contributed by atoms with van der Waals surface area (Å²) >= 11 is 0. The predicted octanol–water partition coefficient (Wildman–Crippen LogP) is 4.28. The fourth-order valence-corrected chi connectivity index (χ4v) is 3.92. The van der Waals surface area contributed by atoms with Crippen molar-refractivity contribution in [1.29, 1.82) is 0 Å². The predicted molar refractivity (Wildman–Crippen MR) is 125 cm³/mol. The Hall–Kier alpha value is -3.05. The first-order valence-corrected chi connectivity index (χ1v) is 10.4. The first-order chi connectivity index (χ1) is 14.5. The minimum absolute atomic E-state index is 0.297. The zero-order valence-electron chi connectivity index (χ0n) is 18.2. The van der Waals surface area contributed by atoms with Gasteiger partial charge in [-0.15, -0.1) is 0 Å². The molecule has 1 fully saturated rings. The average molecular weight is 403 g/mol. The maximum Gasteiger partial charge on any atom is 0.213 e. The molecule has 0 amide bonds. The number of hydrogen-bond acceptors (Lipinski definition) is 5. The van der Waals surface area contributed by atoms with Crippen LogP contribution in [0.15, 0.2) is 60.7 Å². The number of ether oxygens (including phenoxy) is 1. The molecule has 1 atom stereocenters. The van der Waals surface area contributed by atoms with E-state index in [4.69, 9.17) is 9.72 Å². The lowest BCUT2D eigenvalue weighted by molar-refractivity contribution is 0.398. The number of pyridine rings is 1. The number of aromatic nitrogens is 1. The van der Waals surface area contributed by atoms with Crippen molar-refractivity contribution in [1.82, 2.24) is 10.3 Å². The number of nitrogens with zero attached hydrogens (tertiary/aromatic N) is 3. The van der Waals surface area contributed by atoms with Crippen molar-refractivity contribution in [3.63, 3.8) is 0 Å². The summed E-state index contributed by atoms with van der Waals surface area (Å²) in [6, 6.07) is 21.7. The molecule has 1 saturated heterocycles. The Balaban J connectivity index is 1.66. The summed E-state index contributed by atoms with van der Waals surface area (Å²) in [6.07, 6.45) is 0. The number of nitrogens with one attached hydrogen (secondary N) is 1. The van der Waals surface area contributed by atoms with Crippen LogP contribution in [-0.4, -0.2) is 45.8 Å². The van der Waals surface area contributed by atoms with Crippen molar-refractivity contribution >= 4 is 11.4 Å². The Morgan fingerprint density at radius 3 is 2.40 bits per heavy atom. The molecule has 3 aromatic rings. The SMILES string of the molecule is COc1ccc(N2CCNC(c3ccc(C)cc3)C2)c(-c2ccc(N(C)C)cc2)n1. The molecular weight excluding hydrogens is 372 g/mol. The lowest BCUT2D eigenvalue weighted by atomic mass is 10.0. The van der Waals surface area contributed by atoms with E-state index in [-0.39, 0.29) is 0 Å². The topological polar surface area (TPSA) is 40.6 Å². The van der Waals surface area contributed by atoms with Gasteiger partial charge >= 0.3 is 0 Å². The Labute approximate surface area is 179 Å². The molecule has 4 rings (SSSR count). The second-order valence-electron chi connectivity index (χ2n) is 8.03. The van der Waals surface area contributed by atoms with Crippen molar-refractivity contribution in [3.8, 4) is 17.1 Å². The first kappa shape index (κ1) is 20.2. The van der Waals surface area contributed by atoms with E-state index in [1.807, 2.05) is 6.07 Å². The second-order valence-corrected chi connectivity index (χ2v) is 8.03. The summed E-state index contributed by atoms with van der Waals surface area (Å²) < 4.78 is 5.43. The van der Waals surface area contributed by atoms with Gasteiger partial charge in [0.1, 0.15) is 0 Å². The summed E-state index contributed by atoms with van der Waals surface area (Å²) in [4.78, 5) is 9.36. The van der Waals surface area contributed by atoms with Gasteiger partial charge < -0.3 is 19.9 Å². The van der Waals surface area contributed by atoms with E-state index < -0.39 is 0 Å². The zero-order chi connectivity index (χ0) is 21.1. The molecular formula is C25H30N4O. The molecule has 1 N–H and O–H groups in total. The van der Waals surface area contributed by atoms with Gasteiger partial charge in [-0.2, -0.15) is 0 Å². The van der Waals surface area contributed by atoms with Gasteiger partial charge in [-0.25, -0.2) is 4.98 Å². The summed E-state index contributed by atoms with van der Waals surface area (Å²) in [6.45, 7) is 4.91. The van der Waals surface area contributed by atoms with Gasteiger partial charge in [0.15, 0.2) is 0 Å². The lowest BCUT2D eigenvalue weighted by Gasteiger charge is -2.36. The molecule has 0 spiro atoms. The summed E-state index contributed by atoms with van der Waals surface area (Å²) in [5, 5.41) is 3.66. The maximum absolute atomic E-state index is 5.43. The van der Waals surface area contributed by atoms with E-state index in [0.29, 0.717) is 11.9 Å². The molecule has 2 heterocycles. The van der Waals surface area contributed by atoms with Crippen molar-refractivity contribution in [2.24, 2.45) is 0 Å². The molecule has 5 nitrogen and oxygen atoms in total. The van der Waals surface area contributed by atoms with Gasteiger partial charge in [-0.1, -0.05) is 42.0 Å². The molecule has 0 saturated carbocycles. The highest BCUT2D eigenvalue weighted by molar-refractivity contribution is 5.77. The standard InChI is InChI=1S/C25H30N4O/c1-18-5-7-19(8-6-18)22-17-29(16-15-26-22)23-13-14-24(30-4)27-25(23)20-9-11-21(12-10-20)28(2)3/h5-14,22,26H,15-17H2,1-4H3. The molecule has 1 unspecified atom stereocenters. The molecule has 0 aliphatic carbocycles. The normalized spacial score (nSPS) is 16.4. The monoisotopic (exact) mass is 402 g/mol. The molecule has 0 bridgehead atoms. The fourth-order valence-electron chi connectivity index (χ4n) is 3.92. The highest BCUT2D eigenvalue weighted by atomic mass is 16.5. The van der Waals surface area contributed by atoms with Crippen LogP contribution in [0.25, 0.3) is 11.3 Å². The quantitative estimate of drug-likeness (QED) is 0.690. The van der Waals surface area contributed by atoms with Crippen molar-refractivity contribution < 1.29 is 4.74 Å². The minimum Gasteiger partial charge on any atom is -0.481 e. The smallest absolute Gasteiger partial charge is 0.213 e. The molecule has 156 valence electrons. The molecule has 1 aromatic heterocycles. The summed E-state index contributed by atoms with van der Waals surface area (Å²) in [7, 11) is 5.77. The van der Waals surface area contributed by atoms with Crippen LogP contribution in [0.3, 0.4) is 0 Å². The van der Waals surface area contributed by atoms with Crippen molar-refractivity contribution in [2.45, 2.75) is 13.0 Å². The second kappa shape index (κ2) is 8.76. The zero-order valence-corrected chi connectivity index (χ0v) is 18.2. The van der Waals surface area contributed by atoms with E-state index in [0.717, 1.165) is 36.6 Å². The van der Waals surface area contributed by atoms with Crippen LogP contribution in [0.1, 0.15) is 17.2 Å². The van der Waals surface area contributed by atoms with E-state index in [2.05, 4.69) is 90.7 Å². The molecule has 5 heteroatoms. The molecule has 1 aliphatic rings. The van der Waals surface area contributed by atoms with E-state index in [9.17, 15) is 0 Å². The maximum atomic E-state index is 5.43. The van der Waals surface area contributed by atoms with Gasteiger partial charge in [0.25, 0.3) is 0 Å². The molecule has 2 aromatic carbocycles. The number of hydrogen-bond donors (Lipinski definition) is 1. The summed E-state index contributed by atoms with van der Waals surface area (Å²) in [5.41, 5.74) is 6.99. The van der Waals surface area contributed by atoms with Gasteiger partial charge in [0.2, 0.25) is 5.88 Å². The first-order valence-electron chi connectivity index (χ1n) is 10.4. The molecule has 30 heavy (non-hydrogen) atoms. The van der Waals surface area contributed by atoms with Gasteiger partial charge in [0, 0.05) is 57.1 Å². The Bertz CT molecular complexity index is 983. The molecule has 1 aliphatic heterocycles. The number of piperazine rings is 1. The highest BCUT2D eigenvalue weighted by Crippen LogP contribution is 2.34. The number of anilines is 2. The van der Waals surface area contributed by atoms with Crippen LogP contribution >= 0.6 is 0 Å². The van der Waals surface area contributed by atoms with Crippen molar-refractivity contribution in [2.75, 3.05) is 50.6 Å². The van der Waals surface area contributed by atoms with Crippen molar-refractivity contribution in [3.05, 3.63) is 71.8 Å². The number of aryl methyl sites for hydroxylation is 1. The fraction of sp³-hybridized carbons (Fsp3) is 0.320. The van der Waals surface area contributed by atoms with E-state index >= 15 is 0 Å². The molecule has 0 radical (unpaired) electrons. The Morgan fingerprint density at radius 2 is 1.73 bits per heavy atom. The highest BCUT2D eigenvalue weighted by Gasteiger charge is 2.24. The Kier molecular flexibility index (Phi) is 5.91. The number of rotatable bonds is 5. The average Bonchev–Trinajstić information content (AvgIpc) is 2.79. The van der Waals surface area contributed by atoms with Gasteiger partial charge in [-0.3, -0.25) is 0 Å². The number of benzene rings is 2. The third-order valence-corrected chi connectivity index (χ3v) is 5.71. The lowest BCUT2D eigenvalue weighted by Crippen LogP contribution is -2.46. The third-order valence-electron chi connectivity index (χ3n) is 5.71. The van der Waals surface area contributed by atoms with Crippen LogP contribution in [0.4, 0.5) is 11.4 Å². The van der Waals surface area contributed by atoms with Crippen LogP contribution in [0, 0.1) is 6.92 Å². The number of methoxy groups -OCH3 is 1. The summed E-state index contributed by atoms with van der Waals surface area (Å²) in [5.74, 6) is 0.635. The third kappa shape index (κ3) is 4.26. The van der Waals surface area contributed by atoms with E-state index in [1.165, 1.54) is 16.8 Å². The van der Waals surface area contributed by atoms with Gasteiger partial charge in [-0.05, 0) is 30.7 Å².